The normalized spacial score (nSPS) is 23.1. The number of nitrogens with two attached hydrogens (primary N) is 1. The molecule has 1 aromatic heterocycles. The van der Waals surface area contributed by atoms with E-state index in [0.717, 1.165) is 25.1 Å². The Labute approximate surface area is 114 Å². The molecule has 0 aromatic carbocycles. The fraction of sp³-hybridized carbons (Fsp3) is 0.583. The number of rotatable bonds is 3. The van der Waals surface area contributed by atoms with Gasteiger partial charge in [0.05, 0.1) is 10.6 Å². The highest BCUT2D eigenvalue weighted by Crippen LogP contribution is 2.34. The Morgan fingerprint density at radius 3 is 2.58 bits per heavy atom. The first-order valence-corrected chi connectivity index (χ1v) is 6.34. The molecule has 0 spiro atoms. The number of pyridine rings is 1. The first kappa shape index (κ1) is 14.4. The van der Waals surface area contributed by atoms with Gasteiger partial charge in [-0.25, -0.2) is 4.98 Å². The molecular weight excluding hydrogens is 279 g/mol. The first-order chi connectivity index (χ1) is 8.77. The summed E-state index contributed by atoms with van der Waals surface area (Å²) in [6.45, 7) is 0.700. The second kappa shape index (κ2) is 5.17. The van der Waals surface area contributed by atoms with E-state index >= 15 is 0 Å². The summed E-state index contributed by atoms with van der Waals surface area (Å²) >= 11 is 5.87. The minimum Gasteiger partial charge on any atom is -0.358 e. The lowest BCUT2D eigenvalue weighted by atomic mass is 9.80. The third-order valence-corrected chi connectivity index (χ3v) is 3.59. The third kappa shape index (κ3) is 3.30. The van der Waals surface area contributed by atoms with E-state index in [1.807, 2.05) is 0 Å². The zero-order valence-electron chi connectivity index (χ0n) is 10.4. The molecule has 106 valence electrons. The summed E-state index contributed by atoms with van der Waals surface area (Å²) in [7, 11) is 1.77. The first-order valence-electron chi connectivity index (χ1n) is 5.97. The standard InChI is InChI=1S/C12H15ClF3N3/c1-19(6-7-2-9(17)3-7)11-10(13)4-8(5-18-11)12(14,15)16/h4-5,7,9H,2-3,6,17H2,1H3. The maximum Gasteiger partial charge on any atom is 0.417 e. The molecule has 1 aliphatic carbocycles. The van der Waals surface area contributed by atoms with Crippen molar-refractivity contribution < 1.29 is 13.2 Å². The summed E-state index contributed by atoms with van der Waals surface area (Å²) in [4.78, 5) is 5.59. The average molecular weight is 294 g/mol. The minimum atomic E-state index is -4.42. The monoisotopic (exact) mass is 293 g/mol. The van der Waals surface area contributed by atoms with Crippen molar-refractivity contribution in [1.29, 1.82) is 0 Å². The lowest BCUT2D eigenvalue weighted by Crippen LogP contribution is -2.42. The Morgan fingerprint density at radius 2 is 2.11 bits per heavy atom. The molecule has 19 heavy (non-hydrogen) atoms. The van der Waals surface area contributed by atoms with Crippen LogP contribution in [0.15, 0.2) is 12.3 Å². The molecule has 1 aliphatic rings. The van der Waals surface area contributed by atoms with Gasteiger partial charge in [0.15, 0.2) is 0 Å². The number of halogens is 4. The van der Waals surface area contributed by atoms with Gasteiger partial charge >= 0.3 is 6.18 Å². The summed E-state index contributed by atoms with van der Waals surface area (Å²) in [6, 6.07) is 1.15. The van der Waals surface area contributed by atoms with E-state index in [-0.39, 0.29) is 11.1 Å². The summed E-state index contributed by atoms with van der Waals surface area (Å²) in [5, 5.41) is 0.0148. The molecule has 0 bridgehead atoms. The van der Waals surface area contributed by atoms with Gasteiger partial charge in [-0.3, -0.25) is 0 Å². The van der Waals surface area contributed by atoms with E-state index in [1.54, 1.807) is 11.9 Å². The van der Waals surface area contributed by atoms with E-state index in [0.29, 0.717) is 18.3 Å². The lowest BCUT2D eigenvalue weighted by Gasteiger charge is -2.35. The highest BCUT2D eigenvalue weighted by atomic mass is 35.5. The van der Waals surface area contributed by atoms with Gasteiger partial charge in [-0.2, -0.15) is 13.2 Å². The van der Waals surface area contributed by atoms with Crippen molar-refractivity contribution in [2.45, 2.75) is 25.1 Å². The number of hydrogen-bond acceptors (Lipinski definition) is 3. The molecule has 0 atom stereocenters. The van der Waals surface area contributed by atoms with Crippen LogP contribution in [0.5, 0.6) is 0 Å². The highest BCUT2D eigenvalue weighted by Gasteiger charge is 2.32. The van der Waals surface area contributed by atoms with E-state index in [9.17, 15) is 13.2 Å². The molecule has 0 radical (unpaired) electrons. The van der Waals surface area contributed by atoms with Crippen molar-refractivity contribution >= 4 is 17.4 Å². The fourth-order valence-corrected chi connectivity index (χ4v) is 2.59. The van der Waals surface area contributed by atoms with Crippen molar-refractivity contribution in [3.05, 3.63) is 22.8 Å². The predicted octanol–water partition coefficient (Wildman–Crippen LogP) is 2.93. The van der Waals surface area contributed by atoms with Crippen molar-refractivity contribution in [2.24, 2.45) is 11.7 Å². The fourth-order valence-electron chi connectivity index (χ4n) is 2.28. The molecule has 0 amide bonds. The summed E-state index contributed by atoms with van der Waals surface area (Å²) in [6.07, 6.45) is -1.75. The van der Waals surface area contributed by atoms with E-state index in [1.165, 1.54) is 0 Å². The summed E-state index contributed by atoms with van der Waals surface area (Å²) in [5.41, 5.74) is 4.86. The average Bonchev–Trinajstić information content (AvgIpc) is 2.25. The second-order valence-electron chi connectivity index (χ2n) is 5.01. The molecule has 0 aliphatic heterocycles. The van der Waals surface area contributed by atoms with Crippen LogP contribution in [-0.4, -0.2) is 24.6 Å². The Kier molecular flexibility index (Phi) is 3.92. The van der Waals surface area contributed by atoms with E-state index in [2.05, 4.69) is 4.98 Å². The lowest BCUT2D eigenvalue weighted by molar-refractivity contribution is -0.137. The van der Waals surface area contributed by atoms with Crippen LogP contribution in [0.2, 0.25) is 5.02 Å². The topological polar surface area (TPSA) is 42.1 Å². The molecule has 2 N–H and O–H groups in total. The number of alkyl halides is 3. The van der Waals surface area contributed by atoms with Crippen LogP contribution in [0.1, 0.15) is 18.4 Å². The van der Waals surface area contributed by atoms with Gasteiger partial charge in [0.1, 0.15) is 5.82 Å². The van der Waals surface area contributed by atoms with Crippen LogP contribution < -0.4 is 10.6 Å². The van der Waals surface area contributed by atoms with Gasteiger partial charge < -0.3 is 10.6 Å². The zero-order valence-corrected chi connectivity index (χ0v) is 11.2. The minimum absolute atomic E-state index is 0.0148. The summed E-state index contributed by atoms with van der Waals surface area (Å²) < 4.78 is 37.5. The van der Waals surface area contributed by atoms with Crippen LogP contribution in [0.25, 0.3) is 0 Å². The quantitative estimate of drug-likeness (QED) is 0.932. The van der Waals surface area contributed by atoms with Crippen LogP contribution in [0.3, 0.4) is 0 Å². The largest absolute Gasteiger partial charge is 0.417 e. The Morgan fingerprint density at radius 1 is 1.47 bits per heavy atom. The van der Waals surface area contributed by atoms with Gasteiger partial charge in [0, 0.05) is 25.8 Å². The van der Waals surface area contributed by atoms with Crippen LogP contribution in [0.4, 0.5) is 19.0 Å². The van der Waals surface area contributed by atoms with Gasteiger partial charge in [-0.05, 0) is 24.8 Å². The second-order valence-corrected chi connectivity index (χ2v) is 5.41. The van der Waals surface area contributed by atoms with E-state index < -0.39 is 11.7 Å². The van der Waals surface area contributed by atoms with Crippen LogP contribution >= 0.6 is 11.6 Å². The van der Waals surface area contributed by atoms with Gasteiger partial charge in [-0.15, -0.1) is 0 Å². The van der Waals surface area contributed by atoms with Crippen LogP contribution in [-0.2, 0) is 6.18 Å². The smallest absolute Gasteiger partial charge is 0.358 e. The van der Waals surface area contributed by atoms with Crippen molar-refractivity contribution in [3.8, 4) is 0 Å². The molecule has 1 saturated carbocycles. The molecule has 1 fully saturated rings. The summed E-state index contributed by atoms with van der Waals surface area (Å²) in [5.74, 6) is 0.829. The molecule has 0 saturated heterocycles. The molecule has 2 rings (SSSR count). The number of nitrogens with zero attached hydrogens (tertiary/aromatic N) is 2. The maximum absolute atomic E-state index is 12.5. The molecule has 1 heterocycles. The van der Waals surface area contributed by atoms with E-state index in [4.69, 9.17) is 17.3 Å². The molecular formula is C12H15ClF3N3. The molecule has 0 unspecified atom stereocenters. The number of aromatic nitrogens is 1. The van der Waals surface area contributed by atoms with Crippen molar-refractivity contribution in [1.82, 2.24) is 4.98 Å². The van der Waals surface area contributed by atoms with Crippen LogP contribution in [0, 0.1) is 5.92 Å². The highest BCUT2D eigenvalue weighted by molar-refractivity contribution is 6.33. The SMILES string of the molecule is CN(CC1CC(N)C1)c1ncc(C(F)(F)F)cc1Cl. The van der Waals surface area contributed by atoms with Gasteiger partial charge in [0.2, 0.25) is 0 Å². The van der Waals surface area contributed by atoms with Crippen molar-refractivity contribution in [2.75, 3.05) is 18.5 Å². The number of anilines is 1. The maximum atomic E-state index is 12.5. The Bertz CT molecular complexity index is 458. The number of hydrogen-bond donors (Lipinski definition) is 1. The predicted molar refractivity (Wildman–Crippen MR) is 68.2 cm³/mol. The Balaban J connectivity index is 2.08. The zero-order chi connectivity index (χ0) is 14.2. The van der Waals surface area contributed by atoms with Gasteiger partial charge in [-0.1, -0.05) is 11.6 Å². The molecule has 3 nitrogen and oxygen atoms in total. The third-order valence-electron chi connectivity index (χ3n) is 3.31. The van der Waals surface area contributed by atoms with Gasteiger partial charge in [0.25, 0.3) is 0 Å². The molecule has 7 heteroatoms. The molecule has 1 aromatic rings. The van der Waals surface area contributed by atoms with Crippen molar-refractivity contribution in [3.63, 3.8) is 0 Å². The Hall–Kier alpha value is -1.01.